The van der Waals surface area contributed by atoms with E-state index in [1.165, 1.54) is 12.1 Å². The van der Waals surface area contributed by atoms with Crippen molar-refractivity contribution in [1.82, 2.24) is 9.55 Å². The minimum atomic E-state index is -3.76. The normalized spacial score (nSPS) is 12.0. The summed E-state index contributed by atoms with van der Waals surface area (Å²) in [6, 6.07) is 10.4. The van der Waals surface area contributed by atoms with E-state index in [1.54, 1.807) is 23.9 Å². The predicted octanol–water partition coefficient (Wildman–Crippen LogP) is 5.08. The lowest BCUT2D eigenvalue weighted by Gasteiger charge is -2.09. The standard InChI is InChI=1S/C18H19Cl2N3O2S2/c1-2-3-8-23-17-7-5-13(27(21,24)25)10-16(17)22-18(23)26-11-12-4-6-14(19)15(20)9-12/h4-7,9-10H,2-3,8,11H2,1H3,(H2,21,24,25). The predicted molar refractivity (Wildman–Crippen MR) is 112 cm³/mol. The smallest absolute Gasteiger partial charge is 0.238 e. The topological polar surface area (TPSA) is 78.0 Å². The summed E-state index contributed by atoms with van der Waals surface area (Å²) in [7, 11) is -3.76. The molecule has 0 aliphatic heterocycles. The molecule has 0 unspecified atom stereocenters. The average Bonchev–Trinajstić information content (AvgIpc) is 2.97. The van der Waals surface area contributed by atoms with Crippen LogP contribution in [0.15, 0.2) is 46.5 Å². The van der Waals surface area contributed by atoms with Crippen LogP contribution >= 0.6 is 35.0 Å². The summed E-state index contributed by atoms with van der Waals surface area (Å²) in [5, 5.41) is 7.12. The summed E-state index contributed by atoms with van der Waals surface area (Å²) in [5.74, 6) is 0.675. The van der Waals surface area contributed by atoms with E-state index in [0.29, 0.717) is 21.3 Å². The zero-order chi connectivity index (χ0) is 19.6. The molecule has 3 rings (SSSR count). The van der Waals surface area contributed by atoms with Crippen LogP contribution in [0.1, 0.15) is 25.3 Å². The number of primary sulfonamides is 1. The molecule has 0 spiro atoms. The number of aryl methyl sites for hydroxylation is 1. The summed E-state index contributed by atoms with van der Waals surface area (Å²) in [6.45, 7) is 2.94. The van der Waals surface area contributed by atoms with Crippen LogP contribution in [0.5, 0.6) is 0 Å². The van der Waals surface area contributed by atoms with Gasteiger partial charge in [-0.3, -0.25) is 0 Å². The summed E-state index contributed by atoms with van der Waals surface area (Å²) in [5.41, 5.74) is 2.55. The van der Waals surface area contributed by atoms with Crippen molar-refractivity contribution in [2.45, 2.75) is 42.1 Å². The molecule has 0 aliphatic carbocycles. The second-order valence-electron chi connectivity index (χ2n) is 6.13. The highest BCUT2D eigenvalue weighted by Crippen LogP contribution is 2.30. The van der Waals surface area contributed by atoms with Crippen LogP contribution in [-0.4, -0.2) is 18.0 Å². The molecule has 0 bridgehead atoms. The zero-order valence-corrected chi connectivity index (χ0v) is 17.8. The first-order valence-corrected chi connectivity index (χ1v) is 11.7. The van der Waals surface area contributed by atoms with Gasteiger partial charge in [-0.05, 0) is 42.3 Å². The van der Waals surface area contributed by atoms with Crippen LogP contribution in [0.25, 0.3) is 11.0 Å². The second kappa shape index (κ2) is 8.41. The largest absolute Gasteiger partial charge is 0.319 e. The number of hydrogen-bond donors (Lipinski definition) is 1. The number of nitrogens with zero attached hydrogens (tertiary/aromatic N) is 2. The number of sulfonamides is 1. The molecule has 3 aromatic rings. The Morgan fingerprint density at radius 3 is 2.59 bits per heavy atom. The van der Waals surface area contributed by atoms with Crippen LogP contribution in [0.2, 0.25) is 10.0 Å². The number of rotatable bonds is 7. The molecule has 0 radical (unpaired) electrons. The molecule has 0 amide bonds. The van der Waals surface area contributed by atoms with E-state index < -0.39 is 10.0 Å². The van der Waals surface area contributed by atoms with Crippen molar-refractivity contribution in [3.63, 3.8) is 0 Å². The van der Waals surface area contributed by atoms with E-state index >= 15 is 0 Å². The summed E-state index contributed by atoms with van der Waals surface area (Å²) in [6.07, 6.45) is 2.05. The highest BCUT2D eigenvalue weighted by atomic mass is 35.5. The number of nitrogens with two attached hydrogens (primary N) is 1. The van der Waals surface area contributed by atoms with E-state index in [0.717, 1.165) is 35.6 Å². The fraction of sp³-hybridized carbons (Fsp3) is 0.278. The molecule has 2 N–H and O–H groups in total. The Morgan fingerprint density at radius 1 is 1.15 bits per heavy atom. The maximum Gasteiger partial charge on any atom is 0.238 e. The minimum Gasteiger partial charge on any atom is -0.319 e. The molecule has 27 heavy (non-hydrogen) atoms. The maximum atomic E-state index is 11.6. The number of hydrogen-bond acceptors (Lipinski definition) is 4. The van der Waals surface area contributed by atoms with E-state index in [2.05, 4.69) is 16.5 Å². The molecule has 0 saturated heterocycles. The van der Waals surface area contributed by atoms with E-state index in [-0.39, 0.29) is 4.90 Å². The number of fused-ring (bicyclic) bond motifs is 1. The molecule has 9 heteroatoms. The van der Waals surface area contributed by atoms with Gasteiger partial charge >= 0.3 is 0 Å². The SMILES string of the molecule is CCCCn1c(SCc2ccc(Cl)c(Cl)c2)nc2cc(S(N)(=O)=O)ccc21. The highest BCUT2D eigenvalue weighted by molar-refractivity contribution is 7.98. The van der Waals surface area contributed by atoms with Crippen molar-refractivity contribution in [3.05, 3.63) is 52.0 Å². The molecular formula is C18H19Cl2N3O2S2. The van der Waals surface area contributed by atoms with Crippen LogP contribution in [0, 0.1) is 0 Å². The molecule has 0 aliphatic rings. The molecule has 1 aromatic heterocycles. The number of imidazole rings is 1. The van der Waals surface area contributed by atoms with Crippen molar-refractivity contribution in [3.8, 4) is 0 Å². The number of thioether (sulfide) groups is 1. The summed E-state index contributed by atoms with van der Waals surface area (Å²) >= 11 is 13.6. The lowest BCUT2D eigenvalue weighted by molar-refractivity contribution is 0.597. The minimum absolute atomic E-state index is 0.0659. The van der Waals surface area contributed by atoms with Gasteiger partial charge in [-0.1, -0.05) is 54.4 Å². The van der Waals surface area contributed by atoms with Crippen LogP contribution < -0.4 is 5.14 Å². The Hall–Kier alpha value is -1.25. The van der Waals surface area contributed by atoms with Gasteiger partial charge in [-0.15, -0.1) is 0 Å². The van der Waals surface area contributed by atoms with Gasteiger partial charge in [0, 0.05) is 12.3 Å². The maximum absolute atomic E-state index is 11.6. The molecule has 2 aromatic carbocycles. The third-order valence-electron chi connectivity index (χ3n) is 4.10. The fourth-order valence-electron chi connectivity index (χ4n) is 2.68. The quantitative estimate of drug-likeness (QED) is 0.516. The molecule has 144 valence electrons. The molecule has 1 heterocycles. The number of aromatic nitrogens is 2. The lowest BCUT2D eigenvalue weighted by atomic mass is 10.2. The van der Waals surface area contributed by atoms with Crippen molar-refractivity contribution < 1.29 is 8.42 Å². The molecule has 0 saturated carbocycles. The van der Waals surface area contributed by atoms with Gasteiger partial charge in [-0.2, -0.15) is 0 Å². The van der Waals surface area contributed by atoms with Crippen molar-refractivity contribution in [2.24, 2.45) is 5.14 Å². The van der Waals surface area contributed by atoms with Crippen LogP contribution in [0.4, 0.5) is 0 Å². The molecular weight excluding hydrogens is 425 g/mol. The first kappa shape index (κ1) is 20.5. The first-order chi connectivity index (χ1) is 12.8. The summed E-state index contributed by atoms with van der Waals surface area (Å²) < 4.78 is 25.4. The second-order valence-corrected chi connectivity index (χ2v) is 9.45. The van der Waals surface area contributed by atoms with E-state index in [4.69, 9.17) is 28.3 Å². The lowest BCUT2D eigenvalue weighted by Crippen LogP contribution is -2.11. The molecule has 0 atom stereocenters. The van der Waals surface area contributed by atoms with Gasteiger partial charge < -0.3 is 4.57 Å². The van der Waals surface area contributed by atoms with Gasteiger partial charge in [0.05, 0.1) is 26.0 Å². The van der Waals surface area contributed by atoms with Gasteiger partial charge in [0.15, 0.2) is 5.16 Å². The molecule has 5 nitrogen and oxygen atoms in total. The highest BCUT2D eigenvalue weighted by Gasteiger charge is 2.15. The Morgan fingerprint density at radius 2 is 1.93 bits per heavy atom. The van der Waals surface area contributed by atoms with Crippen LogP contribution in [-0.2, 0) is 22.3 Å². The van der Waals surface area contributed by atoms with E-state index in [9.17, 15) is 8.42 Å². The van der Waals surface area contributed by atoms with Gasteiger partial charge in [0.1, 0.15) is 0 Å². The Bertz CT molecular complexity index is 1080. The third kappa shape index (κ3) is 4.78. The van der Waals surface area contributed by atoms with Gasteiger partial charge in [0.2, 0.25) is 10.0 Å². The average molecular weight is 444 g/mol. The van der Waals surface area contributed by atoms with Gasteiger partial charge in [0.25, 0.3) is 0 Å². The molecule has 0 fully saturated rings. The van der Waals surface area contributed by atoms with Crippen molar-refractivity contribution >= 4 is 56.0 Å². The Kier molecular flexibility index (Phi) is 6.38. The van der Waals surface area contributed by atoms with Crippen LogP contribution in [0.3, 0.4) is 0 Å². The van der Waals surface area contributed by atoms with Crippen molar-refractivity contribution in [2.75, 3.05) is 0 Å². The summed E-state index contributed by atoms with van der Waals surface area (Å²) in [4.78, 5) is 4.71. The third-order valence-corrected chi connectivity index (χ3v) is 6.80. The Labute approximate surface area is 172 Å². The number of halogens is 2. The number of unbranched alkanes of at least 4 members (excludes halogenated alkanes) is 1. The Balaban J connectivity index is 1.95. The van der Waals surface area contributed by atoms with Gasteiger partial charge in [-0.25, -0.2) is 18.5 Å². The van der Waals surface area contributed by atoms with E-state index in [1.807, 2.05) is 12.1 Å². The van der Waals surface area contributed by atoms with Crippen molar-refractivity contribution in [1.29, 1.82) is 0 Å². The first-order valence-electron chi connectivity index (χ1n) is 8.39. The fourth-order valence-corrected chi connectivity index (χ4v) is 4.52. The monoisotopic (exact) mass is 443 g/mol. The zero-order valence-electron chi connectivity index (χ0n) is 14.7. The number of benzene rings is 2.